The van der Waals surface area contributed by atoms with E-state index in [0.717, 1.165) is 25.7 Å². The molecule has 0 aromatic heterocycles. The summed E-state index contributed by atoms with van der Waals surface area (Å²) in [5.74, 6) is 0. The van der Waals surface area contributed by atoms with Gasteiger partial charge in [0.25, 0.3) is 0 Å². The van der Waals surface area contributed by atoms with E-state index in [-0.39, 0.29) is 0 Å². The number of hydrogen-bond donors (Lipinski definition) is 1. The van der Waals surface area contributed by atoms with Gasteiger partial charge in [0, 0.05) is 25.7 Å². The van der Waals surface area contributed by atoms with E-state index in [1.54, 1.807) is 0 Å². The Kier molecular flexibility index (Phi) is 4.70. The van der Waals surface area contributed by atoms with Gasteiger partial charge in [0.2, 0.25) is 0 Å². The van der Waals surface area contributed by atoms with Crippen LogP contribution in [-0.4, -0.2) is 61.3 Å². The van der Waals surface area contributed by atoms with Crippen molar-refractivity contribution in [1.82, 2.24) is 9.80 Å². The van der Waals surface area contributed by atoms with Gasteiger partial charge in [-0.3, -0.25) is 4.90 Å². The van der Waals surface area contributed by atoms with Crippen LogP contribution < -0.4 is 0 Å². The van der Waals surface area contributed by atoms with Crippen LogP contribution in [0.25, 0.3) is 0 Å². The molecule has 0 amide bonds. The van der Waals surface area contributed by atoms with E-state index in [4.69, 9.17) is 5.11 Å². The van der Waals surface area contributed by atoms with Crippen molar-refractivity contribution in [2.45, 2.75) is 25.3 Å². The van der Waals surface area contributed by atoms with Crippen molar-refractivity contribution in [3.8, 4) is 0 Å². The van der Waals surface area contributed by atoms with E-state index in [0.29, 0.717) is 6.61 Å². The van der Waals surface area contributed by atoms with Crippen LogP contribution in [0.1, 0.15) is 19.3 Å². The van der Waals surface area contributed by atoms with Crippen LogP contribution >= 0.6 is 0 Å². The molecule has 0 spiro atoms. The molecule has 0 atom stereocenters. The average Bonchev–Trinajstić information content (AvgIpc) is 1.97. The molecular formula is C10H22N2O. The lowest BCUT2D eigenvalue weighted by molar-refractivity contribution is 0.0943. The van der Waals surface area contributed by atoms with Crippen LogP contribution in [0.2, 0.25) is 0 Å². The average molecular weight is 186 g/mol. The maximum absolute atomic E-state index is 8.92. The van der Waals surface area contributed by atoms with Crippen LogP contribution in [-0.2, 0) is 0 Å². The number of hydrogen-bond acceptors (Lipinski definition) is 3. The van der Waals surface area contributed by atoms with Crippen molar-refractivity contribution in [2.24, 2.45) is 0 Å². The minimum Gasteiger partial charge on any atom is -0.395 e. The number of nitrogens with zero attached hydrogens (tertiary/aromatic N) is 2. The standard InChI is InChI=1S/C10H22N2O/c1-11(2)6-7-12(8-9-13)10-4-3-5-10/h10,13H,3-9H2,1-2H3. The van der Waals surface area contributed by atoms with Crippen LogP contribution in [0.4, 0.5) is 0 Å². The third-order valence-corrected chi connectivity index (χ3v) is 2.81. The Morgan fingerprint density at radius 3 is 2.23 bits per heavy atom. The van der Waals surface area contributed by atoms with Gasteiger partial charge >= 0.3 is 0 Å². The molecular weight excluding hydrogens is 164 g/mol. The summed E-state index contributed by atoms with van der Waals surface area (Å²) in [6.45, 7) is 3.33. The van der Waals surface area contributed by atoms with E-state index >= 15 is 0 Å². The van der Waals surface area contributed by atoms with E-state index in [9.17, 15) is 0 Å². The smallest absolute Gasteiger partial charge is 0.0558 e. The molecule has 1 rings (SSSR count). The van der Waals surface area contributed by atoms with Gasteiger partial charge in [-0.2, -0.15) is 0 Å². The van der Waals surface area contributed by atoms with Gasteiger partial charge in [0.1, 0.15) is 0 Å². The molecule has 3 nitrogen and oxygen atoms in total. The van der Waals surface area contributed by atoms with Crippen LogP contribution in [0.5, 0.6) is 0 Å². The first-order valence-corrected chi connectivity index (χ1v) is 5.23. The Morgan fingerprint density at radius 1 is 1.15 bits per heavy atom. The highest BCUT2D eigenvalue weighted by Crippen LogP contribution is 2.24. The molecule has 1 aliphatic carbocycles. The molecule has 13 heavy (non-hydrogen) atoms. The van der Waals surface area contributed by atoms with Gasteiger partial charge in [-0.05, 0) is 26.9 Å². The Morgan fingerprint density at radius 2 is 1.85 bits per heavy atom. The Labute approximate surface area is 81.3 Å². The summed E-state index contributed by atoms with van der Waals surface area (Å²) in [6, 6.07) is 0.757. The maximum Gasteiger partial charge on any atom is 0.0558 e. The lowest BCUT2D eigenvalue weighted by Gasteiger charge is -2.37. The van der Waals surface area contributed by atoms with Crippen LogP contribution in [0.3, 0.4) is 0 Å². The maximum atomic E-state index is 8.92. The summed E-state index contributed by atoms with van der Waals surface area (Å²) >= 11 is 0. The zero-order valence-electron chi connectivity index (χ0n) is 8.87. The second kappa shape index (κ2) is 5.58. The van der Waals surface area contributed by atoms with Gasteiger partial charge in [-0.1, -0.05) is 6.42 Å². The predicted octanol–water partition coefficient (Wildman–Crippen LogP) is 0.395. The van der Waals surface area contributed by atoms with Crippen LogP contribution in [0, 0.1) is 0 Å². The highest BCUT2D eigenvalue weighted by atomic mass is 16.3. The van der Waals surface area contributed by atoms with Gasteiger partial charge in [0.05, 0.1) is 6.61 Å². The minimum atomic E-state index is 0.296. The Hall–Kier alpha value is -0.120. The third kappa shape index (κ3) is 3.63. The largest absolute Gasteiger partial charge is 0.395 e. The number of likely N-dealkylation sites (N-methyl/N-ethyl adjacent to an activating group) is 1. The lowest BCUT2D eigenvalue weighted by atomic mass is 9.91. The molecule has 3 heteroatoms. The van der Waals surface area contributed by atoms with E-state index in [1.807, 2.05) is 0 Å². The van der Waals surface area contributed by atoms with Crippen molar-refractivity contribution in [1.29, 1.82) is 0 Å². The second-order valence-corrected chi connectivity index (χ2v) is 4.15. The second-order valence-electron chi connectivity index (χ2n) is 4.15. The van der Waals surface area contributed by atoms with Gasteiger partial charge in [0.15, 0.2) is 0 Å². The fourth-order valence-electron chi connectivity index (χ4n) is 1.69. The zero-order valence-corrected chi connectivity index (χ0v) is 8.87. The molecule has 1 fully saturated rings. The van der Waals surface area contributed by atoms with E-state index in [1.165, 1.54) is 19.3 Å². The molecule has 78 valence electrons. The molecule has 0 aliphatic heterocycles. The SMILES string of the molecule is CN(C)CCN(CCO)C1CCC1. The molecule has 1 N–H and O–H groups in total. The lowest BCUT2D eigenvalue weighted by Crippen LogP contribution is -2.44. The predicted molar refractivity (Wildman–Crippen MR) is 54.9 cm³/mol. The quantitative estimate of drug-likeness (QED) is 0.650. The highest BCUT2D eigenvalue weighted by Gasteiger charge is 2.23. The van der Waals surface area contributed by atoms with E-state index in [2.05, 4.69) is 23.9 Å². The first-order chi connectivity index (χ1) is 6.24. The Balaban J connectivity index is 2.20. The van der Waals surface area contributed by atoms with Gasteiger partial charge in [-0.15, -0.1) is 0 Å². The number of rotatable bonds is 6. The molecule has 1 aliphatic rings. The summed E-state index contributed by atoms with van der Waals surface area (Å²) in [7, 11) is 4.19. The monoisotopic (exact) mass is 186 g/mol. The normalized spacial score (nSPS) is 18.2. The molecule has 0 unspecified atom stereocenters. The molecule has 0 radical (unpaired) electrons. The topological polar surface area (TPSA) is 26.7 Å². The van der Waals surface area contributed by atoms with Crippen LogP contribution in [0.15, 0.2) is 0 Å². The van der Waals surface area contributed by atoms with Gasteiger partial charge < -0.3 is 10.0 Å². The first kappa shape index (κ1) is 11.0. The van der Waals surface area contributed by atoms with Crippen molar-refractivity contribution in [2.75, 3.05) is 40.3 Å². The number of aliphatic hydroxyl groups is 1. The van der Waals surface area contributed by atoms with Crippen molar-refractivity contribution >= 4 is 0 Å². The van der Waals surface area contributed by atoms with Crippen molar-refractivity contribution in [3.05, 3.63) is 0 Å². The summed E-state index contributed by atoms with van der Waals surface area (Å²) in [4.78, 5) is 4.62. The summed E-state index contributed by atoms with van der Waals surface area (Å²) in [5, 5.41) is 8.92. The molecule has 0 heterocycles. The fourth-order valence-corrected chi connectivity index (χ4v) is 1.69. The third-order valence-electron chi connectivity index (χ3n) is 2.81. The zero-order chi connectivity index (χ0) is 9.68. The highest BCUT2D eigenvalue weighted by molar-refractivity contribution is 4.80. The first-order valence-electron chi connectivity index (χ1n) is 5.23. The molecule has 0 aromatic rings. The molecule has 0 bridgehead atoms. The molecule has 0 aromatic carbocycles. The summed E-state index contributed by atoms with van der Waals surface area (Å²) < 4.78 is 0. The summed E-state index contributed by atoms with van der Waals surface area (Å²) in [6.07, 6.45) is 4.02. The van der Waals surface area contributed by atoms with Crippen molar-refractivity contribution < 1.29 is 5.11 Å². The van der Waals surface area contributed by atoms with Gasteiger partial charge in [-0.25, -0.2) is 0 Å². The number of aliphatic hydroxyl groups excluding tert-OH is 1. The van der Waals surface area contributed by atoms with Crippen molar-refractivity contribution in [3.63, 3.8) is 0 Å². The van der Waals surface area contributed by atoms with E-state index < -0.39 is 0 Å². The molecule has 1 saturated carbocycles. The summed E-state index contributed by atoms with van der Waals surface area (Å²) in [5.41, 5.74) is 0. The fraction of sp³-hybridized carbons (Fsp3) is 1.00. The minimum absolute atomic E-state index is 0.296. The molecule has 0 saturated heterocycles. The Bertz CT molecular complexity index is 135.